The fraction of sp³-hybridized carbons (Fsp3) is 0.222. The summed E-state index contributed by atoms with van der Waals surface area (Å²) in [4.78, 5) is 26.3. The molecule has 0 heterocycles. The molecule has 35 heavy (non-hydrogen) atoms. The van der Waals surface area contributed by atoms with Crippen molar-refractivity contribution in [1.82, 2.24) is 4.72 Å². The Bertz CT molecular complexity index is 1420. The topological polar surface area (TPSA) is 116 Å². The zero-order valence-corrected chi connectivity index (χ0v) is 20.7. The quantitative estimate of drug-likeness (QED) is 0.441. The summed E-state index contributed by atoms with van der Waals surface area (Å²) < 4.78 is 26.8. The van der Waals surface area contributed by atoms with Crippen molar-refractivity contribution in [3.8, 4) is 6.07 Å². The Labute approximate surface area is 205 Å². The third kappa shape index (κ3) is 5.83. The summed E-state index contributed by atoms with van der Waals surface area (Å²) in [5, 5.41) is 11.9. The molecule has 3 aromatic carbocycles. The summed E-state index contributed by atoms with van der Waals surface area (Å²) >= 11 is 0. The van der Waals surface area contributed by atoms with Gasteiger partial charge in [0.1, 0.15) is 4.90 Å². The van der Waals surface area contributed by atoms with Gasteiger partial charge in [-0.15, -0.1) is 0 Å². The molecule has 0 saturated heterocycles. The van der Waals surface area contributed by atoms with Crippen LogP contribution in [-0.4, -0.2) is 27.2 Å². The van der Waals surface area contributed by atoms with Crippen molar-refractivity contribution in [2.75, 3.05) is 12.4 Å². The maximum Gasteiger partial charge on any atom is 0.242 e. The van der Waals surface area contributed by atoms with Crippen molar-refractivity contribution in [1.29, 1.82) is 5.26 Å². The van der Waals surface area contributed by atoms with Crippen LogP contribution in [0.15, 0.2) is 65.6 Å². The van der Waals surface area contributed by atoms with Crippen LogP contribution in [0.5, 0.6) is 0 Å². The van der Waals surface area contributed by atoms with Crippen molar-refractivity contribution in [3.63, 3.8) is 0 Å². The van der Waals surface area contributed by atoms with Crippen LogP contribution >= 0.6 is 0 Å². The van der Waals surface area contributed by atoms with Gasteiger partial charge in [0.05, 0.1) is 23.7 Å². The van der Waals surface area contributed by atoms with E-state index in [9.17, 15) is 23.3 Å². The van der Waals surface area contributed by atoms with Gasteiger partial charge in [0.15, 0.2) is 5.78 Å². The second kappa shape index (κ2) is 11.1. The summed E-state index contributed by atoms with van der Waals surface area (Å²) in [6.45, 7) is 3.90. The fourth-order valence-electron chi connectivity index (χ4n) is 3.86. The summed E-state index contributed by atoms with van der Waals surface area (Å²) in [7, 11) is -2.45. The van der Waals surface area contributed by atoms with Crippen LogP contribution in [0.2, 0.25) is 0 Å². The number of nitrogens with zero attached hydrogens (tertiary/aromatic N) is 1. The van der Waals surface area contributed by atoms with Gasteiger partial charge in [-0.1, -0.05) is 44.2 Å². The molecule has 0 radical (unpaired) electrons. The maximum atomic E-state index is 13.5. The Hall–Kier alpha value is -3.80. The molecule has 0 aliphatic rings. The van der Waals surface area contributed by atoms with Gasteiger partial charge in [-0.2, -0.15) is 5.26 Å². The average molecular weight is 490 g/mol. The van der Waals surface area contributed by atoms with Crippen molar-refractivity contribution < 1.29 is 18.0 Å². The highest BCUT2D eigenvalue weighted by molar-refractivity contribution is 7.89. The molecule has 0 aliphatic heterocycles. The molecule has 1 amide bonds. The molecule has 3 rings (SSSR count). The Balaban J connectivity index is 1.92. The minimum absolute atomic E-state index is 0.0301. The normalized spacial score (nSPS) is 11.0. The first kappa shape index (κ1) is 25.8. The zero-order chi connectivity index (χ0) is 25.6. The van der Waals surface area contributed by atoms with Gasteiger partial charge in [0.2, 0.25) is 15.9 Å². The third-order valence-corrected chi connectivity index (χ3v) is 7.22. The molecule has 0 spiro atoms. The van der Waals surface area contributed by atoms with Gasteiger partial charge >= 0.3 is 0 Å². The van der Waals surface area contributed by atoms with Gasteiger partial charge in [-0.3, -0.25) is 9.59 Å². The van der Waals surface area contributed by atoms with Gasteiger partial charge in [0.25, 0.3) is 0 Å². The zero-order valence-electron chi connectivity index (χ0n) is 19.9. The lowest BCUT2D eigenvalue weighted by molar-refractivity contribution is -0.115. The number of carbonyl (C=O) groups is 2. The monoisotopic (exact) mass is 489 g/mol. The minimum Gasteiger partial charge on any atom is -0.325 e. The average Bonchev–Trinajstić information content (AvgIpc) is 2.87. The van der Waals surface area contributed by atoms with E-state index in [0.717, 1.165) is 11.1 Å². The number of benzene rings is 3. The van der Waals surface area contributed by atoms with E-state index in [1.54, 1.807) is 42.5 Å². The summed E-state index contributed by atoms with van der Waals surface area (Å²) in [6.07, 6.45) is 1.23. The first-order valence-electron chi connectivity index (χ1n) is 11.3. The smallest absolute Gasteiger partial charge is 0.242 e. The molecule has 0 aromatic heterocycles. The minimum atomic E-state index is -3.75. The number of nitrogens with one attached hydrogen (secondary N) is 2. The first-order valence-corrected chi connectivity index (χ1v) is 12.7. The second-order valence-electron chi connectivity index (χ2n) is 7.94. The standard InChI is InChI=1S/C27H27N3O4S/c1-4-20-12-10-18(14-22(20)27(32)23-15-19(17-28)11-13-21(23)5-2)16-26(31)30-24-8-6-7-9-25(24)35(33,34)29-3/h6-15,29H,4-5,16H2,1-3H3,(H,30,31). The van der Waals surface area contributed by atoms with Gasteiger partial charge in [-0.25, -0.2) is 13.1 Å². The number of ketones is 1. The van der Waals surface area contributed by atoms with Crippen molar-refractivity contribution in [2.24, 2.45) is 0 Å². The van der Waals surface area contributed by atoms with Crippen LogP contribution in [0.25, 0.3) is 0 Å². The van der Waals surface area contributed by atoms with Crippen LogP contribution in [-0.2, 0) is 34.1 Å². The second-order valence-corrected chi connectivity index (χ2v) is 9.80. The maximum absolute atomic E-state index is 13.5. The predicted molar refractivity (Wildman–Crippen MR) is 135 cm³/mol. The van der Waals surface area contributed by atoms with Crippen molar-refractivity contribution in [3.05, 3.63) is 94.0 Å². The lowest BCUT2D eigenvalue weighted by Gasteiger charge is -2.14. The molecule has 8 heteroatoms. The van der Waals surface area contributed by atoms with E-state index in [-0.39, 0.29) is 22.8 Å². The Morgan fingerprint density at radius 1 is 0.914 bits per heavy atom. The predicted octanol–water partition coefficient (Wildman–Crippen LogP) is 4.00. The number of amides is 1. The van der Waals surface area contributed by atoms with Crippen molar-refractivity contribution in [2.45, 2.75) is 38.0 Å². The lowest BCUT2D eigenvalue weighted by atomic mass is 9.90. The molecule has 0 fully saturated rings. The molecule has 0 aliphatic carbocycles. The number of para-hydroxylation sites is 1. The van der Waals surface area contributed by atoms with Gasteiger partial charge < -0.3 is 5.32 Å². The number of sulfonamides is 1. The molecular weight excluding hydrogens is 462 g/mol. The largest absolute Gasteiger partial charge is 0.325 e. The van der Waals surface area contributed by atoms with Crippen LogP contribution in [0, 0.1) is 11.3 Å². The number of hydrogen-bond acceptors (Lipinski definition) is 5. The van der Waals surface area contributed by atoms with Crippen LogP contribution in [0.4, 0.5) is 5.69 Å². The Morgan fingerprint density at radius 2 is 1.54 bits per heavy atom. The number of rotatable bonds is 9. The molecule has 0 bridgehead atoms. The van der Waals surface area contributed by atoms with Crippen LogP contribution in [0.1, 0.15) is 52.0 Å². The van der Waals surface area contributed by atoms with E-state index < -0.39 is 15.9 Å². The molecular formula is C27H27N3O4S. The van der Waals surface area contributed by atoms with Gasteiger partial charge in [-0.05, 0) is 66.9 Å². The number of aryl methyl sites for hydroxylation is 2. The highest BCUT2D eigenvalue weighted by Crippen LogP contribution is 2.23. The summed E-state index contributed by atoms with van der Waals surface area (Å²) in [5.74, 6) is -0.601. The lowest BCUT2D eigenvalue weighted by Crippen LogP contribution is -2.22. The summed E-state index contributed by atoms with van der Waals surface area (Å²) in [6, 6.07) is 18.7. The molecule has 180 valence electrons. The van der Waals surface area contributed by atoms with Crippen LogP contribution in [0.3, 0.4) is 0 Å². The first-order chi connectivity index (χ1) is 16.7. The number of hydrogen-bond donors (Lipinski definition) is 2. The molecule has 3 aromatic rings. The van der Waals surface area contributed by atoms with E-state index >= 15 is 0 Å². The Morgan fingerprint density at radius 3 is 2.17 bits per heavy atom. The van der Waals surface area contributed by atoms with Crippen LogP contribution < -0.4 is 10.0 Å². The Kier molecular flexibility index (Phi) is 8.18. The fourth-order valence-corrected chi connectivity index (χ4v) is 4.74. The molecule has 0 atom stereocenters. The highest BCUT2D eigenvalue weighted by atomic mass is 32.2. The molecule has 2 N–H and O–H groups in total. The van der Waals surface area contributed by atoms with E-state index in [1.807, 2.05) is 19.9 Å². The number of nitriles is 1. The third-order valence-electron chi connectivity index (χ3n) is 5.75. The summed E-state index contributed by atoms with van der Waals surface area (Å²) in [5.41, 5.74) is 3.86. The number of anilines is 1. The molecule has 7 nitrogen and oxygen atoms in total. The molecule has 0 saturated carbocycles. The highest BCUT2D eigenvalue weighted by Gasteiger charge is 2.20. The van der Waals surface area contributed by atoms with E-state index in [1.165, 1.54) is 19.2 Å². The van der Waals surface area contributed by atoms with Crippen molar-refractivity contribution >= 4 is 27.4 Å². The number of carbonyl (C=O) groups excluding carboxylic acids is 2. The van der Waals surface area contributed by atoms with E-state index in [4.69, 9.17) is 0 Å². The molecule has 0 unspecified atom stereocenters. The van der Waals surface area contributed by atoms with E-state index in [0.29, 0.717) is 35.1 Å². The van der Waals surface area contributed by atoms with E-state index in [2.05, 4.69) is 16.1 Å². The SMILES string of the molecule is CCc1ccc(C#N)cc1C(=O)c1cc(CC(=O)Nc2ccccc2S(=O)(=O)NC)ccc1CC. The van der Waals surface area contributed by atoms with Gasteiger partial charge in [0, 0.05) is 11.1 Å².